The number of nitrogens with zero attached hydrogens (tertiary/aromatic N) is 2. The maximum absolute atomic E-state index is 5.35. The van der Waals surface area contributed by atoms with Crippen molar-refractivity contribution in [3.63, 3.8) is 0 Å². The van der Waals surface area contributed by atoms with Crippen LogP contribution in [0.5, 0.6) is 0 Å². The fourth-order valence-electron chi connectivity index (χ4n) is 1.33. The molecule has 0 bridgehead atoms. The molecule has 4 nitrogen and oxygen atoms in total. The molecule has 1 aliphatic carbocycles. The molecule has 0 atom stereocenters. The van der Waals surface area contributed by atoms with E-state index in [1.54, 1.807) is 0 Å². The largest absolute Gasteiger partial charge is 0.424 e. The fourth-order valence-corrected chi connectivity index (χ4v) is 1.33. The lowest BCUT2D eigenvalue weighted by Crippen LogP contribution is -1.95. The molecule has 0 radical (unpaired) electrons. The number of aromatic nitrogens is 2. The van der Waals surface area contributed by atoms with Gasteiger partial charge in [-0.25, -0.2) is 0 Å². The van der Waals surface area contributed by atoms with Gasteiger partial charge in [0.2, 0.25) is 11.8 Å². The average Bonchev–Trinajstić information content (AvgIpc) is 2.75. The Morgan fingerprint density at radius 3 is 2.75 bits per heavy atom. The van der Waals surface area contributed by atoms with Gasteiger partial charge in [-0.1, -0.05) is 12.2 Å². The highest BCUT2D eigenvalue weighted by Gasteiger charge is 2.18. The number of hydrogen-bond donors (Lipinski definition) is 1. The average molecular weight is 165 g/mol. The van der Waals surface area contributed by atoms with E-state index < -0.39 is 0 Å². The summed E-state index contributed by atoms with van der Waals surface area (Å²) in [7, 11) is 0. The highest BCUT2D eigenvalue weighted by atomic mass is 16.4. The summed E-state index contributed by atoms with van der Waals surface area (Å²) in [4.78, 5) is 0. The van der Waals surface area contributed by atoms with E-state index in [1.807, 2.05) is 0 Å². The van der Waals surface area contributed by atoms with Crippen LogP contribution in [-0.2, 0) is 6.54 Å². The van der Waals surface area contributed by atoms with Crippen LogP contribution < -0.4 is 5.73 Å². The second-order valence-electron chi connectivity index (χ2n) is 2.88. The van der Waals surface area contributed by atoms with Crippen LogP contribution in [0.3, 0.4) is 0 Å². The zero-order valence-electron chi connectivity index (χ0n) is 6.73. The van der Waals surface area contributed by atoms with Crippen molar-refractivity contribution in [3.8, 4) is 0 Å². The molecule has 12 heavy (non-hydrogen) atoms. The third-order valence-electron chi connectivity index (χ3n) is 2.01. The van der Waals surface area contributed by atoms with E-state index in [1.165, 1.54) is 0 Å². The van der Waals surface area contributed by atoms with Crippen molar-refractivity contribution >= 4 is 0 Å². The Hall–Kier alpha value is -1.16. The molecule has 0 saturated carbocycles. The van der Waals surface area contributed by atoms with Crippen molar-refractivity contribution in [2.75, 3.05) is 0 Å². The van der Waals surface area contributed by atoms with Gasteiger partial charge in [0.25, 0.3) is 0 Å². The molecule has 0 saturated heterocycles. The molecule has 2 rings (SSSR count). The van der Waals surface area contributed by atoms with Crippen LogP contribution in [0, 0.1) is 0 Å². The predicted octanol–water partition coefficient (Wildman–Crippen LogP) is 0.962. The van der Waals surface area contributed by atoms with Gasteiger partial charge in [-0.2, -0.15) is 0 Å². The Kier molecular flexibility index (Phi) is 1.91. The first kappa shape index (κ1) is 7.49. The van der Waals surface area contributed by atoms with E-state index in [9.17, 15) is 0 Å². The molecule has 0 spiro atoms. The SMILES string of the molecule is NCc1nnc(C2CC=CC2)o1. The third kappa shape index (κ3) is 1.25. The minimum Gasteiger partial charge on any atom is -0.424 e. The first-order chi connectivity index (χ1) is 5.90. The lowest BCUT2D eigenvalue weighted by atomic mass is 10.1. The molecule has 1 aliphatic rings. The van der Waals surface area contributed by atoms with Gasteiger partial charge >= 0.3 is 0 Å². The molecule has 0 aliphatic heterocycles. The molecule has 1 aromatic rings. The molecule has 64 valence electrons. The maximum atomic E-state index is 5.35. The van der Waals surface area contributed by atoms with Gasteiger partial charge in [-0.3, -0.25) is 0 Å². The summed E-state index contributed by atoms with van der Waals surface area (Å²) in [5.41, 5.74) is 5.35. The van der Waals surface area contributed by atoms with Crippen LogP contribution >= 0.6 is 0 Å². The van der Waals surface area contributed by atoms with Gasteiger partial charge in [0.1, 0.15) is 0 Å². The number of nitrogens with two attached hydrogens (primary N) is 1. The standard InChI is InChI=1S/C8H11N3O/c9-5-7-10-11-8(12-7)6-3-1-2-4-6/h1-2,6H,3-5,9H2. The van der Waals surface area contributed by atoms with E-state index >= 15 is 0 Å². The summed E-state index contributed by atoms with van der Waals surface area (Å²) < 4.78 is 5.33. The Morgan fingerprint density at radius 2 is 2.17 bits per heavy atom. The first-order valence-electron chi connectivity index (χ1n) is 4.07. The third-order valence-corrected chi connectivity index (χ3v) is 2.01. The zero-order valence-corrected chi connectivity index (χ0v) is 6.73. The van der Waals surface area contributed by atoms with E-state index in [2.05, 4.69) is 22.3 Å². The molecule has 2 N–H and O–H groups in total. The summed E-state index contributed by atoms with van der Waals surface area (Å²) in [6.07, 6.45) is 6.28. The molecule has 1 heterocycles. The monoisotopic (exact) mass is 165 g/mol. The first-order valence-corrected chi connectivity index (χ1v) is 4.07. The lowest BCUT2D eigenvalue weighted by Gasteiger charge is -2.00. The summed E-state index contributed by atoms with van der Waals surface area (Å²) in [5.74, 6) is 1.63. The van der Waals surface area contributed by atoms with Crippen LogP contribution in [0.4, 0.5) is 0 Å². The normalized spacial score (nSPS) is 17.4. The molecule has 0 fully saturated rings. The molecule has 1 aromatic heterocycles. The minimum absolute atomic E-state index is 0.327. The summed E-state index contributed by atoms with van der Waals surface area (Å²) in [6.45, 7) is 0.327. The smallest absolute Gasteiger partial charge is 0.230 e. The van der Waals surface area contributed by atoms with Crippen molar-refractivity contribution < 1.29 is 4.42 Å². The zero-order chi connectivity index (χ0) is 8.39. The molecular weight excluding hydrogens is 154 g/mol. The van der Waals surface area contributed by atoms with Gasteiger partial charge in [-0.15, -0.1) is 10.2 Å². The Labute approximate surface area is 70.5 Å². The van der Waals surface area contributed by atoms with Crippen molar-refractivity contribution in [2.24, 2.45) is 5.73 Å². The topological polar surface area (TPSA) is 64.9 Å². The van der Waals surface area contributed by atoms with Crippen molar-refractivity contribution in [3.05, 3.63) is 23.9 Å². The maximum Gasteiger partial charge on any atom is 0.230 e. The molecule has 0 aromatic carbocycles. The van der Waals surface area contributed by atoms with Crippen molar-refractivity contribution in [1.82, 2.24) is 10.2 Å². The minimum atomic E-state index is 0.327. The lowest BCUT2D eigenvalue weighted by molar-refractivity contribution is 0.421. The van der Waals surface area contributed by atoms with Crippen LogP contribution in [-0.4, -0.2) is 10.2 Å². The predicted molar refractivity (Wildman–Crippen MR) is 43.3 cm³/mol. The summed E-state index contributed by atoms with van der Waals surface area (Å²) >= 11 is 0. The molecule has 0 unspecified atom stereocenters. The quantitative estimate of drug-likeness (QED) is 0.663. The van der Waals surface area contributed by atoms with E-state index in [0.717, 1.165) is 18.7 Å². The van der Waals surface area contributed by atoms with E-state index in [-0.39, 0.29) is 0 Å². The van der Waals surface area contributed by atoms with Crippen molar-refractivity contribution in [2.45, 2.75) is 25.3 Å². The van der Waals surface area contributed by atoms with Gasteiger partial charge in [0.05, 0.1) is 6.54 Å². The van der Waals surface area contributed by atoms with Crippen LogP contribution in [0.1, 0.15) is 30.5 Å². The highest BCUT2D eigenvalue weighted by molar-refractivity contribution is 5.05. The second kappa shape index (κ2) is 3.06. The van der Waals surface area contributed by atoms with E-state index in [0.29, 0.717) is 18.4 Å². The Bertz CT molecular complexity index is 284. The number of allylic oxidation sites excluding steroid dienone is 2. The number of rotatable bonds is 2. The summed E-state index contributed by atoms with van der Waals surface area (Å²) in [5, 5.41) is 7.74. The Balaban J connectivity index is 2.12. The molecule has 4 heteroatoms. The molecular formula is C8H11N3O. The highest BCUT2D eigenvalue weighted by Crippen LogP contribution is 2.27. The number of hydrogen-bond acceptors (Lipinski definition) is 4. The second-order valence-corrected chi connectivity index (χ2v) is 2.88. The van der Waals surface area contributed by atoms with Gasteiger partial charge < -0.3 is 10.2 Å². The molecule has 0 amide bonds. The van der Waals surface area contributed by atoms with Gasteiger partial charge in [0, 0.05) is 5.92 Å². The Morgan fingerprint density at radius 1 is 1.42 bits per heavy atom. The van der Waals surface area contributed by atoms with Crippen LogP contribution in [0.2, 0.25) is 0 Å². The van der Waals surface area contributed by atoms with Crippen molar-refractivity contribution in [1.29, 1.82) is 0 Å². The summed E-state index contributed by atoms with van der Waals surface area (Å²) in [6, 6.07) is 0. The van der Waals surface area contributed by atoms with Crippen LogP contribution in [0.15, 0.2) is 16.6 Å². The van der Waals surface area contributed by atoms with E-state index in [4.69, 9.17) is 10.2 Å². The van der Waals surface area contributed by atoms with Gasteiger partial charge in [0.15, 0.2) is 0 Å². The van der Waals surface area contributed by atoms with Gasteiger partial charge in [-0.05, 0) is 12.8 Å². The van der Waals surface area contributed by atoms with Crippen LogP contribution in [0.25, 0.3) is 0 Å². The fraction of sp³-hybridized carbons (Fsp3) is 0.500.